The average molecular weight is 260 g/mol. The Morgan fingerprint density at radius 1 is 1.12 bits per heavy atom. The van der Waals surface area contributed by atoms with Crippen molar-refractivity contribution in [2.24, 2.45) is 0 Å². The largest absolute Gasteiger partial charge is 0.238 e. The van der Waals surface area contributed by atoms with Gasteiger partial charge in [0, 0.05) is 15.7 Å². The molecule has 3 heteroatoms. The van der Waals surface area contributed by atoms with Crippen molar-refractivity contribution in [1.29, 1.82) is 0 Å². The van der Waals surface area contributed by atoms with Crippen molar-refractivity contribution in [1.82, 2.24) is 0 Å². The highest BCUT2D eigenvalue weighted by molar-refractivity contribution is 7.98. The molecule has 0 aromatic heterocycles. The molecule has 0 atom stereocenters. The van der Waals surface area contributed by atoms with Crippen molar-refractivity contribution in [3.8, 4) is 0 Å². The summed E-state index contributed by atoms with van der Waals surface area (Å²) >= 11 is 7.79. The minimum Gasteiger partial charge on any atom is -0.238 e. The normalized spacial score (nSPS) is 9.88. The van der Waals surface area contributed by atoms with E-state index in [2.05, 4.69) is 17.0 Å². The van der Waals surface area contributed by atoms with E-state index in [1.807, 2.05) is 24.3 Å². The van der Waals surface area contributed by atoms with E-state index in [-0.39, 0.29) is 0 Å². The van der Waals surface area contributed by atoms with Crippen LogP contribution in [0.15, 0.2) is 53.4 Å². The maximum atomic E-state index is 6.91. The minimum atomic E-state index is 0.582. The number of benzene rings is 2. The number of rotatable bonds is 3. The first kappa shape index (κ1) is 12.0. The van der Waals surface area contributed by atoms with Crippen LogP contribution in [-0.4, -0.2) is 0 Å². The molecule has 0 aliphatic carbocycles. The fourth-order valence-electron chi connectivity index (χ4n) is 1.41. The molecule has 0 spiro atoms. The Kier molecular flexibility index (Phi) is 4.08. The lowest BCUT2D eigenvalue weighted by molar-refractivity contribution is 1.38. The molecule has 0 heterocycles. The molecule has 0 bridgehead atoms. The third-order valence-corrected chi connectivity index (χ3v) is 3.85. The molecule has 0 saturated heterocycles. The Balaban J connectivity index is 2.08. The number of hydrogen-bond donors (Lipinski definition) is 0. The van der Waals surface area contributed by atoms with Crippen LogP contribution in [0.5, 0.6) is 0 Å². The first-order valence-corrected chi connectivity index (χ1v) is 6.49. The highest BCUT2D eigenvalue weighted by atomic mass is 35.5. The Morgan fingerprint density at radius 2 is 1.88 bits per heavy atom. The zero-order valence-corrected chi connectivity index (χ0v) is 10.6. The Morgan fingerprint density at radius 3 is 2.53 bits per heavy atom. The molecule has 0 fully saturated rings. The second-order valence-corrected chi connectivity index (χ2v) is 4.93. The number of halogens is 1. The zero-order valence-electron chi connectivity index (χ0n) is 9.06. The molecule has 0 aliphatic heterocycles. The maximum Gasteiger partial charge on any atom is 0.188 e. The van der Waals surface area contributed by atoms with Gasteiger partial charge in [0.25, 0.3) is 0 Å². The van der Waals surface area contributed by atoms with Crippen LogP contribution in [0, 0.1) is 6.57 Å². The van der Waals surface area contributed by atoms with E-state index in [0.29, 0.717) is 10.7 Å². The fraction of sp³-hybridized carbons (Fsp3) is 0.0714. The smallest absolute Gasteiger partial charge is 0.188 e. The molecular formula is C14H10ClNS. The molecule has 0 saturated carbocycles. The van der Waals surface area contributed by atoms with Crippen LogP contribution >= 0.6 is 23.4 Å². The Bertz CT molecular complexity index is 546. The van der Waals surface area contributed by atoms with Gasteiger partial charge in [-0.2, -0.15) is 0 Å². The van der Waals surface area contributed by atoms with E-state index >= 15 is 0 Å². The van der Waals surface area contributed by atoms with Crippen molar-refractivity contribution in [2.45, 2.75) is 10.6 Å². The molecule has 0 aliphatic rings. The maximum absolute atomic E-state index is 6.91. The second kappa shape index (κ2) is 5.77. The van der Waals surface area contributed by atoms with E-state index in [1.54, 1.807) is 23.9 Å². The summed E-state index contributed by atoms with van der Waals surface area (Å²) < 4.78 is 0. The van der Waals surface area contributed by atoms with Crippen molar-refractivity contribution < 1.29 is 0 Å². The third-order valence-electron chi connectivity index (χ3n) is 2.28. The lowest BCUT2D eigenvalue weighted by Gasteiger charge is -2.04. The van der Waals surface area contributed by atoms with Gasteiger partial charge in [0.15, 0.2) is 5.69 Å². The van der Waals surface area contributed by atoms with Crippen molar-refractivity contribution in [2.75, 3.05) is 0 Å². The highest BCUT2D eigenvalue weighted by Crippen LogP contribution is 2.32. The van der Waals surface area contributed by atoms with Gasteiger partial charge in [0.2, 0.25) is 0 Å². The fourth-order valence-corrected chi connectivity index (χ4v) is 2.63. The summed E-state index contributed by atoms with van der Waals surface area (Å²) in [5, 5.41) is 0.652. The lowest BCUT2D eigenvalue weighted by atomic mass is 10.2. The summed E-state index contributed by atoms with van der Waals surface area (Å²) in [7, 11) is 0. The van der Waals surface area contributed by atoms with Crippen molar-refractivity contribution in [3.05, 3.63) is 70.5 Å². The SMILES string of the molecule is [C-]#[N+]c1ccc(SCc2ccccc2)c(Cl)c1. The van der Waals surface area contributed by atoms with Gasteiger partial charge in [0.1, 0.15) is 0 Å². The summed E-state index contributed by atoms with van der Waals surface area (Å²) in [5.74, 6) is 0.887. The summed E-state index contributed by atoms with van der Waals surface area (Å²) in [6, 6.07) is 15.7. The van der Waals surface area contributed by atoms with Gasteiger partial charge in [0.05, 0.1) is 6.57 Å². The molecule has 0 unspecified atom stereocenters. The molecule has 17 heavy (non-hydrogen) atoms. The van der Waals surface area contributed by atoms with Gasteiger partial charge in [-0.05, 0) is 11.6 Å². The molecule has 0 radical (unpaired) electrons. The Labute approximate surface area is 110 Å². The summed E-state index contributed by atoms with van der Waals surface area (Å²) in [6.45, 7) is 6.91. The van der Waals surface area contributed by atoms with E-state index < -0.39 is 0 Å². The van der Waals surface area contributed by atoms with Gasteiger partial charge in [-0.3, -0.25) is 0 Å². The van der Waals surface area contributed by atoms with Crippen LogP contribution in [-0.2, 0) is 5.75 Å². The van der Waals surface area contributed by atoms with Crippen LogP contribution in [0.4, 0.5) is 5.69 Å². The Hall–Kier alpha value is -1.43. The number of thioether (sulfide) groups is 1. The predicted octanol–water partition coefficient (Wildman–Crippen LogP) is 5.18. The van der Waals surface area contributed by atoms with E-state index in [9.17, 15) is 0 Å². The van der Waals surface area contributed by atoms with Gasteiger partial charge < -0.3 is 0 Å². The summed E-state index contributed by atoms with van der Waals surface area (Å²) in [4.78, 5) is 4.36. The third kappa shape index (κ3) is 3.26. The van der Waals surface area contributed by atoms with Crippen LogP contribution in [0.3, 0.4) is 0 Å². The summed E-state index contributed by atoms with van der Waals surface area (Å²) in [6.07, 6.45) is 0. The second-order valence-electron chi connectivity index (χ2n) is 3.50. The van der Waals surface area contributed by atoms with Crippen LogP contribution in [0.1, 0.15) is 5.56 Å². The van der Waals surface area contributed by atoms with E-state index in [4.69, 9.17) is 18.2 Å². The van der Waals surface area contributed by atoms with Crippen LogP contribution in [0.25, 0.3) is 4.85 Å². The highest BCUT2D eigenvalue weighted by Gasteiger charge is 2.02. The number of nitrogens with zero attached hydrogens (tertiary/aromatic N) is 1. The lowest BCUT2D eigenvalue weighted by Crippen LogP contribution is -1.80. The van der Waals surface area contributed by atoms with Gasteiger partial charge >= 0.3 is 0 Å². The topological polar surface area (TPSA) is 4.36 Å². The molecule has 2 aromatic rings. The zero-order chi connectivity index (χ0) is 12.1. The molecule has 2 aromatic carbocycles. The van der Waals surface area contributed by atoms with Gasteiger partial charge in [-0.15, -0.1) is 11.8 Å². The first-order valence-electron chi connectivity index (χ1n) is 5.13. The monoisotopic (exact) mass is 259 g/mol. The van der Waals surface area contributed by atoms with E-state index in [0.717, 1.165) is 10.6 Å². The molecular weight excluding hydrogens is 250 g/mol. The van der Waals surface area contributed by atoms with Gasteiger partial charge in [-0.25, -0.2) is 4.85 Å². The van der Waals surface area contributed by atoms with Crippen LogP contribution < -0.4 is 0 Å². The predicted molar refractivity (Wildman–Crippen MR) is 73.7 cm³/mol. The molecule has 2 rings (SSSR count). The average Bonchev–Trinajstić information content (AvgIpc) is 2.38. The molecule has 1 nitrogen and oxygen atoms in total. The van der Waals surface area contributed by atoms with E-state index in [1.165, 1.54) is 5.56 Å². The summed E-state index contributed by atoms with van der Waals surface area (Å²) in [5.41, 5.74) is 1.85. The minimum absolute atomic E-state index is 0.582. The standard InChI is InChI=1S/C14H10ClNS/c1-16-12-7-8-14(13(15)9-12)17-10-11-5-3-2-4-6-11/h2-9H,10H2. The van der Waals surface area contributed by atoms with Gasteiger partial charge in [-0.1, -0.05) is 54.1 Å². The first-order chi connectivity index (χ1) is 8.29. The van der Waals surface area contributed by atoms with Crippen molar-refractivity contribution in [3.63, 3.8) is 0 Å². The van der Waals surface area contributed by atoms with Crippen molar-refractivity contribution >= 4 is 29.1 Å². The molecule has 0 N–H and O–H groups in total. The molecule has 84 valence electrons. The van der Waals surface area contributed by atoms with Crippen LogP contribution in [0.2, 0.25) is 5.02 Å². The number of hydrogen-bond acceptors (Lipinski definition) is 1. The quantitative estimate of drug-likeness (QED) is 0.543. The molecule has 0 amide bonds.